The molecule has 0 aromatic heterocycles. The van der Waals surface area contributed by atoms with Crippen LogP contribution < -0.4 is 5.32 Å². The second kappa shape index (κ2) is 3.87. The van der Waals surface area contributed by atoms with Gasteiger partial charge in [0.15, 0.2) is 0 Å². The maximum Gasteiger partial charge on any atom is 0.317 e. The lowest BCUT2D eigenvalue weighted by Crippen LogP contribution is -2.27. The van der Waals surface area contributed by atoms with Gasteiger partial charge in [0.1, 0.15) is 0 Å². The Labute approximate surface area is 88.4 Å². The first kappa shape index (κ1) is 9.93. The van der Waals surface area contributed by atoms with Gasteiger partial charge in [0, 0.05) is 0 Å². The number of benzene rings is 1. The van der Waals surface area contributed by atoms with Crippen LogP contribution in [-0.4, -0.2) is 17.6 Å². The summed E-state index contributed by atoms with van der Waals surface area (Å²) in [6, 6.07) is 8.09. The number of fused-ring (bicyclic) bond motifs is 1. The highest BCUT2D eigenvalue weighted by atomic mass is 16.4. The smallest absolute Gasteiger partial charge is 0.317 e. The zero-order chi connectivity index (χ0) is 10.8. The largest absolute Gasteiger partial charge is 0.480 e. The van der Waals surface area contributed by atoms with Crippen LogP contribution in [0.2, 0.25) is 0 Å². The predicted molar refractivity (Wildman–Crippen MR) is 58.5 cm³/mol. The zero-order valence-corrected chi connectivity index (χ0v) is 8.53. The van der Waals surface area contributed by atoms with Crippen molar-refractivity contribution in [3.05, 3.63) is 41.0 Å². The molecular weight excluding hydrogens is 190 g/mol. The van der Waals surface area contributed by atoms with Crippen LogP contribution in [0.25, 0.3) is 6.08 Å². The van der Waals surface area contributed by atoms with Gasteiger partial charge < -0.3 is 5.11 Å². The highest BCUT2D eigenvalue weighted by Gasteiger charge is 2.21. The average Bonchev–Trinajstić information content (AvgIpc) is 2.50. The van der Waals surface area contributed by atoms with Gasteiger partial charge in [0.05, 0.1) is 12.6 Å². The molecule has 1 aliphatic rings. The normalized spacial score (nSPS) is 18.5. The van der Waals surface area contributed by atoms with Crippen molar-refractivity contribution in [2.45, 2.75) is 13.0 Å². The summed E-state index contributed by atoms with van der Waals surface area (Å²) in [7, 11) is 0. The van der Waals surface area contributed by atoms with E-state index in [1.165, 1.54) is 5.56 Å². The number of hydrogen-bond acceptors (Lipinski definition) is 2. The molecule has 0 saturated carbocycles. The Morgan fingerprint density at radius 1 is 1.47 bits per heavy atom. The Balaban J connectivity index is 2.20. The molecule has 1 aliphatic carbocycles. The van der Waals surface area contributed by atoms with Gasteiger partial charge >= 0.3 is 5.97 Å². The summed E-state index contributed by atoms with van der Waals surface area (Å²) >= 11 is 0. The van der Waals surface area contributed by atoms with E-state index >= 15 is 0 Å². The summed E-state index contributed by atoms with van der Waals surface area (Å²) in [6.07, 6.45) is 2.09. The van der Waals surface area contributed by atoms with Crippen LogP contribution in [0.5, 0.6) is 0 Å². The molecule has 2 rings (SSSR count). The van der Waals surface area contributed by atoms with Crippen LogP contribution in [0.15, 0.2) is 29.8 Å². The minimum atomic E-state index is -0.827. The summed E-state index contributed by atoms with van der Waals surface area (Å²) in [5.74, 6) is -0.827. The van der Waals surface area contributed by atoms with Gasteiger partial charge in [-0.05, 0) is 18.1 Å². The fraction of sp³-hybridized carbons (Fsp3) is 0.250. The lowest BCUT2D eigenvalue weighted by Gasteiger charge is -2.14. The topological polar surface area (TPSA) is 49.3 Å². The average molecular weight is 203 g/mol. The summed E-state index contributed by atoms with van der Waals surface area (Å²) in [5.41, 5.74) is 3.51. The molecule has 3 heteroatoms. The molecule has 0 amide bonds. The van der Waals surface area contributed by atoms with Crippen LogP contribution in [0, 0.1) is 0 Å². The van der Waals surface area contributed by atoms with E-state index in [1.807, 2.05) is 31.2 Å². The summed E-state index contributed by atoms with van der Waals surface area (Å²) in [5, 5.41) is 11.6. The predicted octanol–water partition coefficient (Wildman–Crippen LogP) is 1.82. The number of hydrogen-bond donors (Lipinski definition) is 2. The first-order valence-electron chi connectivity index (χ1n) is 4.91. The minimum absolute atomic E-state index is 0.00974. The molecule has 0 heterocycles. The number of nitrogens with one attached hydrogen (secondary N) is 1. The van der Waals surface area contributed by atoms with Crippen LogP contribution in [-0.2, 0) is 4.79 Å². The number of carbonyl (C=O) groups is 1. The number of rotatable bonds is 3. The molecule has 0 aliphatic heterocycles. The molecule has 1 aromatic rings. The van der Waals surface area contributed by atoms with Crippen LogP contribution >= 0.6 is 0 Å². The molecule has 0 radical (unpaired) electrons. The Morgan fingerprint density at radius 3 is 2.93 bits per heavy atom. The van der Waals surface area contributed by atoms with Crippen LogP contribution in [0.3, 0.4) is 0 Å². The number of carboxylic acids is 1. The van der Waals surface area contributed by atoms with Crippen molar-refractivity contribution < 1.29 is 9.90 Å². The van der Waals surface area contributed by atoms with E-state index in [9.17, 15) is 4.79 Å². The fourth-order valence-corrected chi connectivity index (χ4v) is 1.94. The summed E-state index contributed by atoms with van der Waals surface area (Å²) in [6.45, 7) is 2.00. The highest BCUT2D eigenvalue weighted by Crippen LogP contribution is 2.33. The molecule has 78 valence electrons. The fourth-order valence-electron chi connectivity index (χ4n) is 1.94. The number of carboxylic acid groups (broad SMARTS) is 1. The quantitative estimate of drug-likeness (QED) is 0.787. The van der Waals surface area contributed by atoms with E-state index < -0.39 is 5.97 Å². The molecule has 1 aromatic carbocycles. The molecular formula is C12H13NO2. The van der Waals surface area contributed by atoms with E-state index in [2.05, 4.69) is 11.4 Å². The van der Waals surface area contributed by atoms with Crippen molar-refractivity contribution in [2.75, 3.05) is 6.54 Å². The van der Waals surface area contributed by atoms with Gasteiger partial charge in [0.25, 0.3) is 0 Å². The van der Waals surface area contributed by atoms with E-state index in [0.717, 1.165) is 11.1 Å². The van der Waals surface area contributed by atoms with Crippen LogP contribution in [0.4, 0.5) is 0 Å². The summed E-state index contributed by atoms with van der Waals surface area (Å²) < 4.78 is 0. The highest BCUT2D eigenvalue weighted by molar-refractivity contribution is 5.70. The van der Waals surface area contributed by atoms with Crippen molar-refractivity contribution in [3.63, 3.8) is 0 Å². The standard InChI is InChI=1S/C12H13NO2/c1-8-6-9-4-2-3-5-10(9)12(8)13-7-11(14)15/h2-6,12-13H,7H2,1H3,(H,14,15)/t12-/m1/s1. The molecule has 0 bridgehead atoms. The molecule has 0 unspecified atom stereocenters. The Kier molecular flexibility index (Phi) is 2.56. The molecule has 3 nitrogen and oxygen atoms in total. The third-order valence-corrected chi connectivity index (χ3v) is 2.60. The Morgan fingerprint density at radius 2 is 2.20 bits per heavy atom. The molecule has 1 atom stereocenters. The van der Waals surface area contributed by atoms with Gasteiger partial charge in [0.2, 0.25) is 0 Å². The van der Waals surface area contributed by atoms with Gasteiger partial charge in [-0.1, -0.05) is 35.9 Å². The first-order chi connectivity index (χ1) is 7.18. The Hall–Kier alpha value is -1.61. The second-order valence-corrected chi connectivity index (χ2v) is 3.72. The molecule has 0 fully saturated rings. The molecule has 0 saturated heterocycles. The third-order valence-electron chi connectivity index (χ3n) is 2.60. The zero-order valence-electron chi connectivity index (χ0n) is 8.53. The maximum atomic E-state index is 10.5. The van der Waals surface area contributed by atoms with Gasteiger partial charge in [-0.15, -0.1) is 0 Å². The van der Waals surface area contributed by atoms with E-state index in [1.54, 1.807) is 0 Å². The SMILES string of the molecule is CC1=Cc2ccccc2[C@@H]1NCC(=O)O. The van der Waals surface area contributed by atoms with Gasteiger partial charge in [-0.3, -0.25) is 10.1 Å². The monoisotopic (exact) mass is 203 g/mol. The summed E-state index contributed by atoms with van der Waals surface area (Å²) in [4.78, 5) is 10.5. The maximum absolute atomic E-state index is 10.5. The second-order valence-electron chi connectivity index (χ2n) is 3.72. The molecule has 2 N–H and O–H groups in total. The third kappa shape index (κ3) is 1.92. The van der Waals surface area contributed by atoms with Gasteiger partial charge in [-0.2, -0.15) is 0 Å². The van der Waals surface area contributed by atoms with Gasteiger partial charge in [-0.25, -0.2) is 0 Å². The molecule has 0 spiro atoms. The van der Waals surface area contributed by atoms with Crippen molar-refractivity contribution >= 4 is 12.0 Å². The lowest BCUT2D eigenvalue weighted by molar-refractivity contribution is -0.136. The van der Waals surface area contributed by atoms with Crippen molar-refractivity contribution in [1.82, 2.24) is 5.32 Å². The first-order valence-corrected chi connectivity index (χ1v) is 4.91. The van der Waals surface area contributed by atoms with Crippen molar-refractivity contribution in [2.24, 2.45) is 0 Å². The van der Waals surface area contributed by atoms with E-state index in [4.69, 9.17) is 5.11 Å². The number of aliphatic carboxylic acids is 1. The van der Waals surface area contributed by atoms with Crippen molar-refractivity contribution in [1.29, 1.82) is 0 Å². The minimum Gasteiger partial charge on any atom is -0.480 e. The van der Waals surface area contributed by atoms with E-state index in [0.29, 0.717) is 0 Å². The molecule has 15 heavy (non-hydrogen) atoms. The van der Waals surface area contributed by atoms with Crippen molar-refractivity contribution in [3.8, 4) is 0 Å². The van der Waals surface area contributed by atoms with Crippen LogP contribution in [0.1, 0.15) is 24.1 Å². The lowest BCUT2D eigenvalue weighted by atomic mass is 10.0. The van der Waals surface area contributed by atoms with E-state index in [-0.39, 0.29) is 12.6 Å². The Bertz CT molecular complexity index is 423.